The molecule has 126 valence electrons. The molecular formula is C17H20N4O3. The average Bonchev–Trinajstić information content (AvgIpc) is 2.84. The van der Waals surface area contributed by atoms with Crippen molar-refractivity contribution in [3.8, 4) is 11.5 Å². The molecule has 0 atom stereocenters. The second-order valence-corrected chi connectivity index (χ2v) is 6.26. The number of fused-ring (bicyclic) bond motifs is 1. The molecule has 24 heavy (non-hydrogen) atoms. The first-order chi connectivity index (χ1) is 11.6. The molecule has 0 radical (unpaired) electrons. The zero-order chi connectivity index (χ0) is 16.7. The number of benzene rings is 1. The highest BCUT2D eigenvalue weighted by Gasteiger charge is 2.33. The predicted molar refractivity (Wildman–Crippen MR) is 86.2 cm³/mol. The summed E-state index contributed by atoms with van der Waals surface area (Å²) in [7, 11) is 0. The number of hydrogen-bond acceptors (Lipinski definition) is 5. The third-order valence-electron chi connectivity index (χ3n) is 4.43. The molecule has 0 spiro atoms. The molecule has 4 rings (SSSR count). The molecule has 7 nitrogen and oxygen atoms in total. The van der Waals surface area contributed by atoms with E-state index in [1.807, 2.05) is 41.6 Å². The van der Waals surface area contributed by atoms with E-state index < -0.39 is 0 Å². The summed E-state index contributed by atoms with van der Waals surface area (Å²) in [6.07, 6.45) is 0.374. The van der Waals surface area contributed by atoms with Crippen LogP contribution in [0.1, 0.15) is 23.3 Å². The van der Waals surface area contributed by atoms with Crippen LogP contribution in [0, 0.1) is 13.8 Å². The lowest BCUT2D eigenvalue weighted by Crippen LogP contribution is -2.51. The van der Waals surface area contributed by atoms with Crippen molar-refractivity contribution >= 4 is 5.91 Å². The smallest absolute Gasteiger partial charge is 0.227 e. The van der Waals surface area contributed by atoms with E-state index in [0.29, 0.717) is 32.7 Å². The maximum atomic E-state index is 12.4. The quantitative estimate of drug-likeness (QED) is 0.849. The van der Waals surface area contributed by atoms with Gasteiger partial charge in [-0.15, -0.1) is 0 Å². The minimum Gasteiger partial charge on any atom is -0.486 e. The van der Waals surface area contributed by atoms with E-state index in [-0.39, 0.29) is 11.9 Å². The van der Waals surface area contributed by atoms with Crippen LogP contribution in [0.5, 0.6) is 11.5 Å². The van der Waals surface area contributed by atoms with Crippen molar-refractivity contribution in [1.29, 1.82) is 0 Å². The molecule has 2 aromatic rings. The van der Waals surface area contributed by atoms with Crippen LogP contribution < -0.4 is 9.47 Å². The van der Waals surface area contributed by atoms with Crippen molar-refractivity contribution in [1.82, 2.24) is 19.7 Å². The summed E-state index contributed by atoms with van der Waals surface area (Å²) in [6, 6.07) is 5.93. The second kappa shape index (κ2) is 5.81. The lowest BCUT2D eigenvalue weighted by molar-refractivity contribution is -0.136. The van der Waals surface area contributed by atoms with Gasteiger partial charge in [-0.05, 0) is 31.5 Å². The number of aromatic nitrogens is 3. The Hall–Kier alpha value is -2.57. The number of likely N-dealkylation sites (tertiary alicyclic amines) is 1. The van der Waals surface area contributed by atoms with Crippen molar-refractivity contribution in [2.75, 3.05) is 26.3 Å². The summed E-state index contributed by atoms with van der Waals surface area (Å²) in [4.78, 5) is 18.6. The van der Waals surface area contributed by atoms with Crippen molar-refractivity contribution in [2.45, 2.75) is 26.3 Å². The molecular weight excluding hydrogens is 308 g/mol. The molecule has 0 N–H and O–H groups in total. The molecule has 1 amide bonds. The van der Waals surface area contributed by atoms with E-state index >= 15 is 0 Å². The van der Waals surface area contributed by atoms with Crippen molar-refractivity contribution < 1.29 is 14.3 Å². The van der Waals surface area contributed by atoms with Gasteiger partial charge >= 0.3 is 0 Å². The highest BCUT2D eigenvalue weighted by Crippen LogP contribution is 2.31. The topological polar surface area (TPSA) is 69.5 Å². The second-order valence-electron chi connectivity index (χ2n) is 6.26. The molecule has 2 aliphatic rings. The SMILES string of the molecule is Cc1nc(C)n(C2CN(C(=O)Cc3ccc4c(c3)OCCO4)C2)n1. The molecule has 0 bridgehead atoms. The standard InChI is InChI=1S/C17H20N4O3/c1-11-18-12(2)21(19-11)14-9-20(10-14)17(22)8-13-3-4-15-16(7-13)24-6-5-23-15/h3-4,7,14H,5-6,8-10H2,1-2H3. The molecule has 7 heteroatoms. The van der Waals surface area contributed by atoms with Crippen LogP contribution in [-0.2, 0) is 11.2 Å². The fourth-order valence-corrected chi connectivity index (χ4v) is 3.18. The molecule has 3 heterocycles. The Morgan fingerprint density at radius 2 is 1.96 bits per heavy atom. The van der Waals surface area contributed by atoms with Crippen LogP contribution >= 0.6 is 0 Å². The molecule has 0 aliphatic carbocycles. The van der Waals surface area contributed by atoms with Gasteiger partial charge in [-0.25, -0.2) is 9.67 Å². The Bertz CT molecular complexity index is 780. The van der Waals surface area contributed by atoms with E-state index in [2.05, 4.69) is 10.1 Å². The highest BCUT2D eigenvalue weighted by atomic mass is 16.6. The number of ether oxygens (including phenoxy) is 2. The van der Waals surface area contributed by atoms with Gasteiger partial charge in [-0.3, -0.25) is 4.79 Å². The third-order valence-corrected chi connectivity index (χ3v) is 4.43. The largest absolute Gasteiger partial charge is 0.486 e. The first kappa shape index (κ1) is 15.0. The summed E-state index contributed by atoms with van der Waals surface area (Å²) in [5.74, 6) is 3.27. The summed E-state index contributed by atoms with van der Waals surface area (Å²) >= 11 is 0. The van der Waals surface area contributed by atoms with Crippen molar-refractivity contribution in [3.63, 3.8) is 0 Å². The zero-order valence-corrected chi connectivity index (χ0v) is 13.9. The van der Waals surface area contributed by atoms with Crippen LogP contribution in [0.25, 0.3) is 0 Å². The van der Waals surface area contributed by atoms with Gasteiger partial charge < -0.3 is 14.4 Å². The summed E-state index contributed by atoms with van der Waals surface area (Å²) in [5, 5.41) is 4.40. The fraction of sp³-hybridized carbons (Fsp3) is 0.471. The zero-order valence-electron chi connectivity index (χ0n) is 13.9. The Labute approximate surface area is 140 Å². The lowest BCUT2D eigenvalue weighted by Gasteiger charge is -2.39. The molecule has 1 fully saturated rings. The van der Waals surface area contributed by atoms with Gasteiger partial charge in [0.05, 0.1) is 12.5 Å². The van der Waals surface area contributed by atoms with E-state index in [1.54, 1.807) is 0 Å². The number of amides is 1. The van der Waals surface area contributed by atoms with Gasteiger partial charge in [0.1, 0.15) is 24.9 Å². The van der Waals surface area contributed by atoms with Gasteiger partial charge in [-0.2, -0.15) is 5.10 Å². The molecule has 0 unspecified atom stereocenters. The van der Waals surface area contributed by atoms with Crippen LogP contribution in [0.2, 0.25) is 0 Å². The Morgan fingerprint density at radius 3 is 2.67 bits per heavy atom. The summed E-state index contributed by atoms with van der Waals surface area (Å²) in [5.41, 5.74) is 0.945. The molecule has 0 saturated carbocycles. The minimum atomic E-state index is 0.123. The fourth-order valence-electron chi connectivity index (χ4n) is 3.18. The van der Waals surface area contributed by atoms with Crippen LogP contribution in [0.4, 0.5) is 0 Å². The lowest BCUT2D eigenvalue weighted by atomic mass is 10.1. The Morgan fingerprint density at radius 1 is 1.21 bits per heavy atom. The molecule has 1 saturated heterocycles. The van der Waals surface area contributed by atoms with Gasteiger partial charge in [0.25, 0.3) is 0 Å². The van der Waals surface area contributed by atoms with Crippen LogP contribution in [0.15, 0.2) is 18.2 Å². The number of nitrogens with zero attached hydrogens (tertiary/aromatic N) is 4. The summed E-state index contributed by atoms with van der Waals surface area (Å²) < 4.78 is 13.0. The average molecular weight is 328 g/mol. The number of rotatable bonds is 3. The predicted octanol–water partition coefficient (Wildman–Crippen LogP) is 1.29. The van der Waals surface area contributed by atoms with Crippen LogP contribution in [0.3, 0.4) is 0 Å². The maximum Gasteiger partial charge on any atom is 0.227 e. The van der Waals surface area contributed by atoms with Gasteiger partial charge in [0, 0.05) is 13.1 Å². The first-order valence-corrected chi connectivity index (χ1v) is 8.16. The number of hydrogen-bond donors (Lipinski definition) is 0. The first-order valence-electron chi connectivity index (χ1n) is 8.16. The molecule has 1 aromatic carbocycles. The van der Waals surface area contributed by atoms with Gasteiger partial charge in [0.15, 0.2) is 11.5 Å². The van der Waals surface area contributed by atoms with E-state index in [4.69, 9.17) is 9.47 Å². The van der Waals surface area contributed by atoms with E-state index in [0.717, 1.165) is 28.7 Å². The van der Waals surface area contributed by atoms with Crippen LogP contribution in [-0.4, -0.2) is 51.9 Å². The Balaban J connectivity index is 1.37. The Kier molecular flexibility index (Phi) is 3.63. The third kappa shape index (κ3) is 2.70. The van der Waals surface area contributed by atoms with E-state index in [9.17, 15) is 4.79 Å². The maximum absolute atomic E-state index is 12.4. The summed E-state index contributed by atoms with van der Waals surface area (Å²) in [6.45, 7) is 6.32. The van der Waals surface area contributed by atoms with Crippen molar-refractivity contribution in [3.05, 3.63) is 35.4 Å². The number of carbonyl (C=O) groups excluding carboxylic acids is 1. The van der Waals surface area contributed by atoms with Gasteiger partial charge in [-0.1, -0.05) is 6.07 Å². The normalized spacial score (nSPS) is 16.8. The van der Waals surface area contributed by atoms with Gasteiger partial charge in [0.2, 0.25) is 5.91 Å². The van der Waals surface area contributed by atoms with Crippen molar-refractivity contribution in [2.24, 2.45) is 0 Å². The van der Waals surface area contributed by atoms with E-state index in [1.165, 1.54) is 0 Å². The highest BCUT2D eigenvalue weighted by molar-refractivity contribution is 5.79. The minimum absolute atomic E-state index is 0.123. The number of aryl methyl sites for hydroxylation is 2. The molecule has 1 aromatic heterocycles. The molecule has 2 aliphatic heterocycles. The number of carbonyl (C=O) groups is 1. The monoisotopic (exact) mass is 328 g/mol.